The van der Waals surface area contributed by atoms with E-state index >= 15 is 0 Å². The maximum absolute atomic E-state index is 2.33. The molecule has 93 heavy (non-hydrogen) atoms. The fraction of sp³-hybridized carbons (Fsp3) is 0.140. The van der Waals surface area contributed by atoms with Gasteiger partial charge in [-0.2, -0.15) is 0 Å². The van der Waals surface area contributed by atoms with Crippen LogP contribution in [0.15, 0.2) is 352 Å². The molecular weight excluding hydrogens is 1120 g/mol. The Morgan fingerprint density at radius 3 is 1.10 bits per heavy atom. The second-order valence-electron chi connectivity index (χ2n) is 23.8. The topological polar surface area (TPSA) is 0 Å². The Morgan fingerprint density at radius 1 is 0.194 bits per heavy atom. The fourth-order valence-corrected chi connectivity index (χ4v) is 10.9. The Labute approximate surface area is 558 Å². The van der Waals surface area contributed by atoms with Crippen LogP contribution in [0.2, 0.25) is 0 Å². The number of rotatable bonds is 3. The van der Waals surface area contributed by atoms with E-state index in [1.54, 1.807) is 0 Å². The highest BCUT2D eigenvalue weighted by atomic mass is 14.4. The lowest BCUT2D eigenvalue weighted by atomic mass is 9.82. The third-order valence-electron chi connectivity index (χ3n) is 16.0. The molecule has 15 rings (SSSR count). The van der Waals surface area contributed by atoms with Crippen molar-refractivity contribution in [2.45, 2.75) is 88.5 Å². The Balaban J connectivity index is 0.000000152. The van der Waals surface area contributed by atoms with Crippen LogP contribution in [-0.4, -0.2) is 0 Å². The molecule has 14 aromatic carbocycles. The first-order chi connectivity index (χ1) is 45.2. The molecule has 0 saturated heterocycles. The molecule has 0 aliphatic heterocycles. The lowest BCUT2D eigenvalue weighted by molar-refractivity contribution is 0.660. The third-order valence-corrected chi connectivity index (χ3v) is 16.0. The first kappa shape index (κ1) is 70.1. The van der Waals surface area contributed by atoms with Gasteiger partial charge in [-0.1, -0.05) is 413 Å². The van der Waals surface area contributed by atoms with E-state index in [9.17, 15) is 0 Å². The minimum Gasteiger partial charge on any atom is -0.0683 e. The normalized spacial score (nSPS) is 10.7. The van der Waals surface area contributed by atoms with Gasteiger partial charge in [0.05, 0.1) is 0 Å². The van der Waals surface area contributed by atoms with E-state index < -0.39 is 0 Å². The quantitative estimate of drug-likeness (QED) is 0.165. The molecule has 0 radical (unpaired) electrons. The second-order valence-corrected chi connectivity index (χ2v) is 23.8. The molecule has 1 aliphatic carbocycles. The van der Waals surface area contributed by atoms with E-state index in [0.717, 1.165) is 0 Å². The zero-order valence-electron chi connectivity index (χ0n) is 57.0. The summed E-state index contributed by atoms with van der Waals surface area (Å²) < 4.78 is 0. The Hall–Kier alpha value is -10.4. The van der Waals surface area contributed by atoms with Crippen LogP contribution < -0.4 is 0 Å². The summed E-state index contributed by atoms with van der Waals surface area (Å²) in [5, 5.41) is 5.33. The average Bonchev–Trinajstić information content (AvgIpc) is 1.59. The third kappa shape index (κ3) is 21.9. The average molecular weight is 1210 g/mol. The molecule has 0 nitrogen and oxygen atoms in total. The summed E-state index contributed by atoms with van der Waals surface area (Å²) in [5.41, 5.74) is 24.2. The van der Waals surface area contributed by atoms with Crippen LogP contribution in [0.5, 0.6) is 0 Å². The first-order valence-electron chi connectivity index (χ1n) is 32.7. The second kappa shape index (κ2) is 37.1. The molecule has 0 heteroatoms. The van der Waals surface area contributed by atoms with Crippen molar-refractivity contribution in [1.29, 1.82) is 0 Å². The van der Waals surface area contributed by atoms with Gasteiger partial charge >= 0.3 is 0 Å². The van der Waals surface area contributed by atoms with Gasteiger partial charge in [0, 0.05) is 5.41 Å². The van der Waals surface area contributed by atoms with E-state index in [4.69, 9.17) is 0 Å². The van der Waals surface area contributed by atoms with Crippen LogP contribution in [0.25, 0.3) is 66.1 Å². The molecule has 0 atom stereocenters. The van der Waals surface area contributed by atoms with Crippen LogP contribution in [0, 0.1) is 55.4 Å². The standard InChI is InChI=1S/C16H16.3C13H12.2C11H10.2C7H8.C2H6/c1-11-8-9-13-12-6-4-5-7-14(12)16(2,3)15(13)10-11;1-11-7-5-6-10-13(11)12-8-3-2-4-9-12;1-11-6-5-9-13(10-11)12-7-3-2-4-8-12;1-11-7-9-13(10-8-11)12-5-3-2-4-6-12;1-9-5-4-7-10-6-2-3-8-11(9)10;1-9-6-7-10-4-2-3-5-11(10)8-9;2*1-7-5-3-2-4-6-7;1-2/h4-10H,1-3H3;3*2-10H,1H3;2*2-8H,1H3;2*2-6H,1H3;1-2H3. The van der Waals surface area contributed by atoms with Gasteiger partial charge in [0.2, 0.25) is 0 Å². The summed E-state index contributed by atoms with van der Waals surface area (Å²) in [6.07, 6.45) is 0. The summed E-state index contributed by atoms with van der Waals surface area (Å²) in [6, 6.07) is 123. The number of benzene rings is 14. The maximum Gasteiger partial charge on any atom is 0.0158 e. The maximum atomic E-state index is 2.33. The Bertz CT molecular complexity index is 4360. The van der Waals surface area contributed by atoms with Crippen molar-refractivity contribution in [1.82, 2.24) is 0 Å². The highest BCUT2D eigenvalue weighted by Gasteiger charge is 2.34. The number of aryl methyl sites for hydroxylation is 8. The molecular formula is C93H94. The van der Waals surface area contributed by atoms with Crippen molar-refractivity contribution in [2.75, 3.05) is 0 Å². The molecule has 0 amide bonds. The molecule has 0 unspecified atom stereocenters. The highest BCUT2D eigenvalue weighted by Crippen LogP contribution is 2.48. The summed E-state index contributed by atoms with van der Waals surface area (Å²) in [6.45, 7) is 25.6. The molecule has 0 heterocycles. The molecule has 0 aromatic heterocycles. The van der Waals surface area contributed by atoms with E-state index in [2.05, 4.69) is 366 Å². The lowest BCUT2D eigenvalue weighted by Gasteiger charge is -2.21. The molecule has 0 fully saturated rings. The molecule has 466 valence electrons. The van der Waals surface area contributed by atoms with Crippen molar-refractivity contribution in [3.8, 4) is 44.5 Å². The molecule has 0 N–H and O–H groups in total. The smallest absolute Gasteiger partial charge is 0.0158 e. The van der Waals surface area contributed by atoms with Crippen molar-refractivity contribution in [3.05, 3.63) is 407 Å². The van der Waals surface area contributed by atoms with Crippen molar-refractivity contribution < 1.29 is 0 Å². The molecule has 0 saturated carbocycles. The molecule has 0 bridgehead atoms. The summed E-state index contributed by atoms with van der Waals surface area (Å²) >= 11 is 0. The van der Waals surface area contributed by atoms with Crippen molar-refractivity contribution in [3.63, 3.8) is 0 Å². The monoisotopic (exact) mass is 1210 g/mol. The minimum absolute atomic E-state index is 0.151. The van der Waals surface area contributed by atoms with E-state index in [-0.39, 0.29) is 5.41 Å². The Kier molecular flexibility index (Phi) is 27.9. The first-order valence-corrected chi connectivity index (χ1v) is 32.7. The summed E-state index contributed by atoms with van der Waals surface area (Å²) in [4.78, 5) is 0. The number of fused-ring (bicyclic) bond motifs is 5. The molecule has 14 aromatic rings. The number of hydrogen-bond donors (Lipinski definition) is 0. The predicted octanol–water partition coefficient (Wildman–Crippen LogP) is 26.6. The Morgan fingerprint density at radius 2 is 0.548 bits per heavy atom. The molecule has 0 spiro atoms. The van der Waals surface area contributed by atoms with E-state index in [0.29, 0.717) is 0 Å². The van der Waals surface area contributed by atoms with Gasteiger partial charge in [0.1, 0.15) is 0 Å². The highest BCUT2D eigenvalue weighted by molar-refractivity contribution is 5.86. The van der Waals surface area contributed by atoms with E-state index in [1.807, 2.05) is 68.4 Å². The lowest BCUT2D eigenvalue weighted by Crippen LogP contribution is -2.14. The zero-order chi connectivity index (χ0) is 66.2. The summed E-state index contributed by atoms with van der Waals surface area (Å²) in [7, 11) is 0. The minimum atomic E-state index is 0.151. The zero-order valence-corrected chi connectivity index (χ0v) is 57.0. The SMILES string of the molecule is CC.Cc1ccc(-c2ccccc2)cc1.Cc1ccc2c(c1)C(C)(C)c1ccccc1-2.Cc1ccc2ccccc2c1.Cc1cccc(-c2ccccc2)c1.Cc1cccc2ccccc12.Cc1ccccc1.Cc1ccccc1.Cc1ccccc1-c1ccccc1. The largest absolute Gasteiger partial charge is 0.0683 e. The van der Waals surface area contributed by atoms with Gasteiger partial charge in [0.25, 0.3) is 0 Å². The van der Waals surface area contributed by atoms with Crippen LogP contribution in [0.3, 0.4) is 0 Å². The van der Waals surface area contributed by atoms with Gasteiger partial charge in [-0.25, -0.2) is 0 Å². The van der Waals surface area contributed by atoms with Crippen LogP contribution in [-0.2, 0) is 5.41 Å². The van der Waals surface area contributed by atoms with E-state index in [1.165, 1.54) is 122 Å². The van der Waals surface area contributed by atoms with Gasteiger partial charge < -0.3 is 0 Å². The molecule has 1 aliphatic rings. The van der Waals surface area contributed by atoms with Crippen LogP contribution in [0.4, 0.5) is 0 Å². The van der Waals surface area contributed by atoms with Gasteiger partial charge in [0.15, 0.2) is 0 Å². The van der Waals surface area contributed by atoms with Crippen molar-refractivity contribution in [2.24, 2.45) is 0 Å². The fourth-order valence-electron chi connectivity index (χ4n) is 10.9. The number of hydrogen-bond acceptors (Lipinski definition) is 0. The van der Waals surface area contributed by atoms with Gasteiger partial charge in [-0.3, -0.25) is 0 Å². The van der Waals surface area contributed by atoms with Gasteiger partial charge in [-0.05, 0) is 144 Å². The van der Waals surface area contributed by atoms with Gasteiger partial charge in [-0.15, -0.1) is 0 Å². The van der Waals surface area contributed by atoms with Crippen LogP contribution >= 0.6 is 0 Å². The van der Waals surface area contributed by atoms with Crippen LogP contribution in [0.1, 0.15) is 83.3 Å². The van der Waals surface area contributed by atoms with Crippen molar-refractivity contribution >= 4 is 21.5 Å². The summed E-state index contributed by atoms with van der Waals surface area (Å²) in [5.74, 6) is 0. The predicted molar refractivity (Wildman–Crippen MR) is 410 cm³/mol.